The molecule has 142 valence electrons. The van der Waals surface area contributed by atoms with Gasteiger partial charge in [-0.3, -0.25) is 5.32 Å². The fourth-order valence-electron chi connectivity index (χ4n) is 3.20. The summed E-state index contributed by atoms with van der Waals surface area (Å²) in [6.45, 7) is 5.87. The van der Waals surface area contributed by atoms with Crippen molar-refractivity contribution < 1.29 is 0 Å². The van der Waals surface area contributed by atoms with Gasteiger partial charge in [-0.2, -0.15) is 14.6 Å². The Morgan fingerprint density at radius 3 is 2.69 bits per heavy atom. The Hall–Kier alpha value is -4.08. The summed E-state index contributed by atoms with van der Waals surface area (Å²) >= 11 is 0. The molecule has 0 aliphatic heterocycles. The van der Waals surface area contributed by atoms with Gasteiger partial charge in [-0.25, -0.2) is 19.9 Å². The quantitative estimate of drug-likeness (QED) is 0.500. The number of hydrogen-bond acceptors (Lipinski definition) is 9. The van der Waals surface area contributed by atoms with Crippen LogP contribution >= 0.6 is 0 Å². The van der Waals surface area contributed by atoms with Gasteiger partial charge in [-0.1, -0.05) is 18.2 Å². The van der Waals surface area contributed by atoms with E-state index in [0.29, 0.717) is 29.1 Å². The van der Waals surface area contributed by atoms with Crippen LogP contribution in [0.2, 0.25) is 0 Å². The van der Waals surface area contributed by atoms with E-state index < -0.39 is 0 Å². The third-order valence-electron chi connectivity index (χ3n) is 4.67. The van der Waals surface area contributed by atoms with Crippen molar-refractivity contribution in [3.8, 4) is 11.4 Å². The third-order valence-corrected chi connectivity index (χ3v) is 4.67. The van der Waals surface area contributed by atoms with Crippen molar-refractivity contribution >= 4 is 28.6 Å². The Morgan fingerprint density at radius 1 is 0.897 bits per heavy atom. The average Bonchev–Trinajstić information content (AvgIpc) is 3.19. The number of anilines is 2. The van der Waals surface area contributed by atoms with Crippen LogP contribution in [0.3, 0.4) is 0 Å². The van der Waals surface area contributed by atoms with E-state index in [0.717, 1.165) is 27.9 Å². The first-order valence-corrected chi connectivity index (χ1v) is 8.97. The minimum absolute atomic E-state index is 0.370. The molecule has 5 rings (SSSR count). The maximum atomic E-state index is 4.63. The molecule has 0 fully saturated rings. The third kappa shape index (κ3) is 2.90. The molecule has 0 atom stereocenters. The van der Waals surface area contributed by atoms with Crippen molar-refractivity contribution in [2.24, 2.45) is 0 Å². The Balaban J connectivity index is 1.54. The van der Waals surface area contributed by atoms with Gasteiger partial charge in [0, 0.05) is 11.6 Å². The topological polar surface area (TPSA) is 120 Å². The first-order valence-electron chi connectivity index (χ1n) is 8.97. The van der Waals surface area contributed by atoms with Gasteiger partial charge in [0.1, 0.15) is 12.0 Å². The zero-order valence-electron chi connectivity index (χ0n) is 16.0. The van der Waals surface area contributed by atoms with Gasteiger partial charge in [0.05, 0.1) is 22.6 Å². The molecule has 1 N–H and O–H groups in total. The van der Waals surface area contributed by atoms with Crippen LogP contribution in [0.5, 0.6) is 0 Å². The number of benzene rings is 1. The monoisotopic (exact) mass is 384 g/mol. The van der Waals surface area contributed by atoms with Gasteiger partial charge in [0.15, 0.2) is 0 Å². The van der Waals surface area contributed by atoms with Gasteiger partial charge in [-0.15, -0.1) is 10.2 Å². The lowest BCUT2D eigenvalue weighted by molar-refractivity contribution is 0.850. The Morgan fingerprint density at radius 2 is 1.79 bits per heavy atom. The fourth-order valence-corrected chi connectivity index (χ4v) is 3.20. The molecular formula is C19H16N10. The minimum atomic E-state index is 0.370. The summed E-state index contributed by atoms with van der Waals surface area (Å²) in [5, 5.41) is 16.6. The van der Waals surface area contributed by atoms with E-state index in [-0.39, 0.29) is 0 Å². The van der Waals surface area contributed by atoms with Crippen molar-refractivity contribution in [3.63, 3.8) is 0 Å². The predicted molar refractivity (Wildman–Crippen MR) is 107 cm³/mol. The lowest BCUT2D eigenvalue weighted by atomic mass is 10.1. The van der Waals surface area contributed by atoms with E-state index in [9.17, 15) is 0 Å². The summed E-state index contributed by atoms with van der Waals surface area (Å²) in [5.74, 6) is 1.25. The number of nitrogens with one attached hydrogen (secondary N) is 1. The standard InChI is InChI=1S/C19H16N10/c1-10-5-4-6-13-11(2)23-18(25-15(10)13)26-17-20-8-7-14(24-17)16-12(3)29-19(28-27-16)21-9-22-29/h4-9H,1-3H3,(H,20,23,24,25,26). The second-order valence-electron chi connectivity index (χ2n) is 6.60. The highest BCUT2D eigenvalue weighted by molar-refractivity contribution is 5.84. The van der Waals surface area contributed by atoms with Crippen molar-refractivity contribution in [1.29, 1.82) is 0 Å². The van der Waals surface area contributed by atoms with E-state index in [4.69, 9.17) is 0 Å². The van der Waals surface area contributed by atoms with Crippen LogP contribution in [0, 0.1) is 20.8 Å². The zero-order chi connectivity index (χ0) is 20.0. The molecule has 10 nitrogen and oxygen atoms in total. The van der Waals surface area contributed by atoms with Crippen LogP contribution in [0.25, 0.3) is 28.1 Å². The minimum Gasteiger partial charge on any atom is -0.293 e. The zero-order valence-corrected chi connectivity index (χ0v) is 16.0. The SMILES string of the molecule is Cc1nc(Nc2nccc(-c3nnc4ncnn4c3C)n2)nc2c(C)cccc12. The molecule has 4 heterocycles. The van der Waals surface area contributed by atoms with Crippen molar-refractivity contribution in [1.82, 2.24) is 44.7 Å². The molecule has 29 heavy (non-hydrogen) atoms. The number of aromatic nitrogens is 9. The summed E-state index contributed by atoms with van der Waals surface area (Å²) in [4.78, 5) is 22.1. The van der Waals surface area contributed by atoms with E-state index in [1.165, 1.54) is 6.33 Å². The molecule has 0 amide bonds. The lowest BCUT2D eigenvalue weighted by Gasteiger charge is -2.09. The number of fused-ring (bicyclic) bond motifs is 2. The number of hydrogen-bond donors (Lipinski definition) is 1. The molecule has 0 aliphatic rings. The number of nitrogens with zero attached hydrogens (tertiary/aromatic N) is 9. The van der Waals surface area contributed by atoms with Crippen molar-refractivity contribution in [2.45, 2.75) is 20.8 Å². The highest BCUT2D eigenvalue weighted by Crippen LogP contribution is 2.23. The molecule has 4 aromatic heterocycles. The van der Waals surface area contributed by atoms with Crippen LogP contribution in [0.4, 0.5) is 11.9 Å². The number of aryl methyl sites for hydroxylation is 3. The van der Waals surface area contributed by atoms with E-state index in [1.807, 2.05) is 39.0 Å². The first kappa shape index (κ1) is 17.0. The normalized spacial score (nSPS) is 11.3. The second kappa shape index (κ2) is 6.51. The summed E-state index contributed by atoms with van der Waals surface area (Å²) < 4.78 is 1.62. The first-order chi connectivity index (χ1) is 14.1. The van der Waals surface area contributed by atoms with Gasteiger partial charge < -0.3 is 0 Å². The molecular weight excluding hydrogens is 368 g/mol. The van der Waals surface area contributed by atoms with Gasteiger partial charge in [-0.05, 0) is 32.4 Å². The molecule has 0 spiro atoms. The largest absolute Gasteiger partial charge is 0.293 e. The lowest BCUT2D eigenvalue weighted by Crippen LogP contribution is -2.06. The smallest absolute Gasteiger partial charge is 0.271 e. The summed E-state index contributed by atoms with van der Waals surface area (Å²) in [5.41, 5.74) is 4.86. The fraction of sp³-hybridized carbons (Fsp3) is 0.158. The maximum absolute atomic E-state index is 4.63. The summed E-state index contributed by atoms with van der Waals surface area (Å²) in [7, 11) is 0. The maximum Gasteiger partial charge on any atom is 0.271 e. The van der Waals surface area contributed by atoms with Crippen LogP contribution in [0.15, 0.2) is 36.8 Å². The Kier molecular flexibility index (Phi) is 3.83. The van der Waals surface area contributed by atoms with E-state index in [2.05, 4.69) is 45.5 Å². The van der Waals surface area contributed by atoms with Crippen molar-refractivity contribution in [3.05, 3.63) is 53.7 Å². The van der Waals surface area contributed by atoms with Gasteiger partial charge >= 0.3 is 0 Å². The Bertz CT molecular complexity index is 1370. The second-order valence-corrected chi connectivity index (χ2v) is 6.60. The predicted octanol–water partition coefficient (Wildman–Crippen LogP) is 2.59. The summed E-state index contributed by atoms with van der Waals surface area (Å²) in [6.07, 6.45) is 3.09. The highest BCUT2D eigenvalue weighted by Gasteiger charge is 2.13. The van der Waals surface area contributed by atoms with Gasteiger partial charge in [0.2, 0.25) is 11.9 Å². The molecule has 0 saturated carbocycles. The van der Waals surface area contributed by atoms with Gasteiger partial charge in [0.25, 0.3) is 5.78 Å². The van der Waals surface area contributed by atoms with E-state index in [1.54, 1.807) is 16.8 Å². The van der Waals surface area contributed by atoms with Crippen LogP contribution in [0.1, 0.15) is 17.0 Å². The molecule has 10 heteroatoms. The van der Waals surface area contributed by atoms with Crippen LogP contribution in [-0.4, -0.2) is 44.7 Å². The molecule has 0 bridgehead atoms. The van der Waals surface area contributed by atoms with E-state index >= 15 is 0 Å². The summed E-state index contributed by atoms with van der Waals surface area (Å²) in [6, 6.07) is 7.81. The average molecular weight is 384 g/mol. The molecule has 0 unspecified atom stereocenters. The molecule has 0 aliphatic carbocycles. The molecule has 1 aromatic carbocycles. The molecule has 0 radical (unpaired) electrons. The number of para-hydroxylation sites is 1. The molecule has 5 aromatic rings. The van der Waals surface area contributed by atoms with Crippen LogP contribution < -0.4 is 5.32 Å². The molecule has 0 saturated heterocycles. The van der Waals surface area contributed by atoms with Crippen LogP contribution in [-0.2, 0) is 0 Å². The highest BCUT2D eigenvalue weighted by atomic mass is 15.4. The Labute approximate surface area is 165 Å². The number of rotatable bonds is 3. The van der Waals surface area contributed by atoms with Crippen molar-refractivity contribution in [2.75, 3.05) is 5.32 Å².